The Hall–Kier alpha value is -1.15. The fraction of sp³-hybridized carbons (Fsp3) is 0.769. The number of unbranched alkanes of at least 4 members (excludes halogenated alkanes) is 5. The highest BCUT2D eigenvalue weighted by Gasteiger charge is 1.99. The quantitative estimate of drug-likeness (QED) is 0.302. The molecule has 0 unspecified atom stereocenters. The zero-order chi connectivity index (χ0) is 17.1. The van der Waals surface area contributed by atoms with Crippen LogP contribution in [0.5, 0.6) is 0 Å². The molecule has 0 aliphatic carbocycles. The van der Waals surface area contributed by atoms with Crippen LogP contribution in [-0.4, -0.2) is 33.1 Å². The first-order valence-corrected chi connectivity index (χ1v) is 7.71. The highest BCUT2D eigenvalue weighted by atomic mass is 32.1. The zero-order valence-corrected chi connectivity index (χ0v) is 14.5. The normalized spacial score (nSPS) is 8.48. The molecular weight excluding hydrogens is 312 g/mol. The van der Waals surface area contributed by atoms with E-state index in [-0.39, 0.29) is 5.97 Å². The van der Waals surface area contributed by atoms with Gasteiger partial charge < -0.3 is 26.4 Å². The van der Waals surface area contributed by atoms with Crippen molar-refractivity contribution in [1.29, 1.82) is 0 Å². The molecule has 0 heterocycles. The summed E-state index contributed by atoms with van der Waals surface area (Å²) < 4.78 is 4.83. The Bertz CT molecular complexity index is 257. The average molecular weight is 341 g/mol. The van der Waals surface area contributed by atoms with E-state index in [1.54, 1.807) is 0 Å². The predicted molar refractivity (Wildman–Crippen MR) is 93.5 cm³/mol. The molecule has 0 atom stereocenters. The van der Waals surface area contributed by atoms with Crippen molar-refractivity contribution in [1.82, 2.24) is 0 Å². The summed E-state index contributed by atoms with van der Waals surface area (Å²) in [7, 11) is 0. The van der Waals surface area contributed by atoms with Gasteiger partial charge in [-0.05, 0) is 37.8 Å². The van der Waals surface area contributed by atoms with E-state index in [4.69, 9.17) is 14.9 Å². The molecule has 0 amide bonds. The van der Waals surface area contributed by atoms with E-state index in [9.17, 15) is 4.79 Å². The summed E-state index contributed by atoms with van der Waals surface area (Å²) in [5.41, 5.74) is 8.80. The summed E-state index contributed by atoms with van der Waals surface area (Å²) in [6.07, 6.45) is 7.91. The van der Waals surface area contributed by atoms with Crippen LogP contribution < -0.4 is 11.5 Å². The lowest BCUT2D eigenvalue weighted by atomic mass is 10.1. The second-order valence-corrected chi connectivity index (χ2v) is 4.84. The molecular formula is C13H28N2O4S2. The van der Waals surface area contributed by atoms with Gasteiger partial charge in [0.15, 0.2) is 0 Å². The number of rotatable bonds is 8. The number of aliphatic hydroxyl groups excluding tert-OH is 2. The largest absolute Gasteiger partial charge is 0.487 e. The molecule has 8 heteroatoms. The molecule has 0 spiro atoms. The Morgan fingerprint density at radius 1 is 0.952 bits per heavy atom. The maximum Gasteiger partial charge on any atom is 0.305 e. The van der Waals surface area contributed by atoms with E-state index in [0.29, 0.717) is 13.0 Å². The topological polar surface area (TPSA) is 119 Å². The molecule has 0 saturated carbocycles. The molecule has 6 nitrogen and oxygen atoms in total. The van der Waals surface area contributed by atoms with Gasteiger partial charge in [-0.1, -0.05) is 39.0 Å². The molecule has 0 saturated heterocycles. The van der Waals surface area contributed by atoms with Gasteiger partial charge in [-0.3, -0.25) is 4.79 Å². The Morgan fingerprint density at radius 3 is 1.71 bits per heavy atom. The van der Waals surface area contributed by atoms with Gasteiger partial charge in [-0.25, -0.2) is 0 Å². The fourth-order valence-electron chi connectivity index (χ4n) is 1.28. The molecule has 6 N–H and O–H groups in total. The molecule has 0 fully saturated rings. The number of nitrogens with two attached hydrogens (primary N) is 2. The number of hydrogen-bond donors (Lipinski definition) is 4. The number of aliphatic hydroxyl groups is 2. The van der Waals surface area contributed by atoms with Gasteiger partial charge in [-0.15, -0.1) is 0 Å². The van der Waals surface area contributed by atoms with Gasteiger partial charge in [0.1, 0.15) is 0 Å². The summed E-state index contributed by atoms with van der Waals surface area (Å²) in [5.74, 6) is -0.0435. The van der Waals surface area contributed by atoms with Gasteiger partial charge in [0.25, 0.3) is 10.3 Å². The Labute approximate surface area is 137 Å². The summed E-state index contributed by atoms with van der Waals surface area (Å²) in [5, 5.41) is 14.1. The van der Waals surface area contributed by atoms with Crippen molar-refractivity contribution in [2.45, 2.75) is 58.8 Å². The minimum Gasteiger partial charge on any atom is -0.487 e. The van der Waals surface area contributed by atoms with Crippen LogP contribution in [0.15, 0.2) is 0 Å². The molecule has 0 aliphatic heterocycles. The number of carbonyl (C=O) groups is 1. The second-order valence-electron chi connectivity index (χ2n) is 4.00. The standard InChI is InChI=1S/C11H22O2.2CH3NOS/c1-3-5-6-7-8-9-10-11(12)13-4-2;2*2-1(3)4/h3-10H2,1-2H3;2*(H3,2,3,4). The monoisotopic (exact) mass is 340 g/mol. The lowest BCUT2D eigenvalue weighted by Gasteiger charge is -2.01. The summed E-state index contributed by atoms with van der Waals surface area (Å²) in [4.78, 5) is 10.9. The van der Waals surface area contributed by atoms with Crippen LogP contribution in [0.2, 0.25) is 0 Å². The first-order valence-electron chi connectivity index (χ1n) is 6.90. The van der Waals surface area contributed by atoms with Gasteiger partial charge in [0.05, 0.1) is 6.61 Å². The smallest absolute Gasteiger partial charge is 0.305 e. The third-order valence-corrected chi connectivity index (χ3v) is 2.04. The van der Waals surface area contributed by atoms with Crippen molar-refractivity contribution in [2.75, 3.05) is 6.61 Å². The highest BCUT2D eigenvalue weighted by Crippen LogP contribution is 2.07. The minimum atomic E-state index is -0.500. The van der Waals surface area contributed by atoms with Gasteiger partial charge in [0, 0.05) is 6.42 Å². The van der Waals surface area contributed by atoms with Crippen LogP contribution in [0.1, 0.15) is 58.8 Å². The number of esters is 1. The second kappa shape index (κ2) is 21.2. The number of thiocarbonyl (C=S) groups is 2. The molecule has 0 radical (unpaired) electrons. The SMILES string of the molecule is CCCCCCCCC(=O)OCC.NC(O)=S.NC(O)=S. The zero-order valence-electron chi connectivity index (χ0n) is 12.8. The Kier molecular flexibility index (Phi) is 25.0. The molecule has 126 valence electrons. The summed E-state index contributed by atoms with van der Waals surface area (Å²) in [6.45, 7) is 4.56. The van der Waals surface area contributed by atoms with Crippen LogP contribution >= 0.6 is 24.4 Å². The number of ether oxygens (including phenoxy) is 1. The van der Waals surface area contributed by atoms with Crippen molar-refractivity contribution in [3.05, 3.63) is 0 Å². The maximum absolute atomic E-state index is 10.9. The van der Waals surface area contributed by atoms with E-state index in [0.717, 1.165) is 6.42 Å². The van der Waals surface area contributed by atoms with Crippen molar-refractivity contribution in [3.63, 3.8) is 0 Å². The maximum atomic E-state index is 10.9. The van der Waals surface area contributed by atoms with Crippen LogP contribution in [0, 0.1) is 0 Å². The molecule has 0 aliphatic rings. The van der Waals surface area contributed by atoms with E-state index >= 15 is 0 Å². The van der Waals surface area contributed by atoms with Gasteiger partial charge in [0.2, 0.25) is 0 Å². The molecule has 0 rings (SSSR count). The summed E-state index contributed by atoms with van der Waals surface area (Å²) >= 11 is 7.74. The fourth-order valence-corrected chi connectivity index (χ4v) is 1.28. The molecule has 0 aromatic heterocycles. The highest BCUT2D eigenvalue weighted by molar-refractivity contribution is 7.80. The van der Waals surface area contributed by atoms with E-state index < -0.39 is 10.3 Å². The molecule has 0 aromatic rings. The van der Waals surface area contributed by atoms with Gasteiger partial charge >= 0.3 is 5.97 Å². The lowest BCUT2D eigenvalue weighted by Crippen LogP contribution is -2.03. The molecule has 21 heavy (non-hydrogen) atoms. The van der Waals surface area contributed by atoms with Crippen molar-refractivity contribution in [3.8, 4) is 0 Å². The van der Waals surface area contributed by atoms with Crippen molar-refractivity contribution >= 4 is 40.8 Å². The van der Waals surface area contributed by atoms with E-state index in [1.165, 1.54) is 32.1 Å². The third-order valence-electron chi connectivity index (χ3n) is 2.04. The van der Waals surface area contributed by atoms with Crippen molar-refractivity contribution in [2.24, 2.45) is 11.5 Å². The minimum absolute atomic E-state index is 0.0435. The van der Waals surface area contributed by atoms with Crippen LogP contribution in [0.3, 0.4) is 0 Å². The van der Waals surface area contributed by atoms with Gasteiger partial charge in [-0.2, -0.15) is 0 Å². The van der Waals surface area contributed by atoms with Crippen LogP contribution in [0.25, 0.3) is 0 Å². The first kappa shape index (κ1) is 24.8. The van der Waals surface area contributed by atoms with Crippen LogP contribution in [0.4, 0.5) is 0 Å². The van der Waals surface area contributed by atoms with E-state index in [1.807, 2.05) is 6.92 Å². The average Bonchev–Trinajstić information content (AvgIpc) is 2.32. The first-order chi connectivity index (χ1) is 9.77. The number of hydrogen-bond acceptors (Lipinski definition) is 4. The third kappa shape index (κ3) is 55.2. The number of carbonyl (C=O) groups excluding carboxylic acids is 1. The van der Waals surface area contributed by atoms with E-state index in [2.05, 4.69) is 42.8 Å². The van der Waals surface area contributed by atoms with Crippen molar-refractivity contribution < 1.29 is 19.7 Å². The Balaban J connectivity index is -0.000000334. The predicted octanol–water partition coefficient (Wildman–Crippen LogP) is 2.88. The summed E-state index contributed by atoms with van der Waals surface area (Å²) in [6, 6.07) is 0. The Morgan fingerprint density at radius 2 is 1.33 bits per heavy atom. The lowest BCUT2D eigenvalue weighted by molar-refractivity contribution is -0.143. The van der Waals surface area contributed by atoms with Crippen LogP contribution in [-0.2, 0) is 9.53 Å². The molecule has 0 bridgehead atoms. The molecule has 0 aromatic carbocycles.